The van der Waals surface area contributed by atoms with Crippen LogP contribution in [0.25, 0.3) is 10.8 Å². The molecule has 0 spiro atoms. The van der Waals surface area contributed by atoms with E-state index < -0.39 is 16.8 Å². The van der Waals surface area contributed by atoms with Crippen LogP contribution in [-0.4, -0.2) is 20.4 Å². The molecule has 0 bridgehead atoms. The number of carboxylic acids is 1. The van der Waals surface area contributed by atoms with E-state index in [9.17, 15) is 14.7 Å². The van der Waals surface area contributed by atoms with Crippen molar-refractivity contribution in [2.24, 2.45) is 0 Å². The first-order valence-corrected chi connectivity index (χ1v) is 10.9. The van der Waals surface area contributed by atoms with Gasteiger partial charge in [0.2, 0.25) is 0 Å². The number of nitrogens with zero attached hydrogens (tertiary/aromatic N) is 1. The van der Waals surface area contributed by atoms with Gasteiger partial charge in [0, 0.05) is 10.8 Å². The highest BCUT2D eigenvalue weighted by atomic mass is 32.2. The highest BCUT2D eigenvalue weighted by Crippen LogP contribution is 2.54. The third-order valence-corrected chi connectivity index (χ3v) is 7.45. The van der Waals surface area contributed by atoms with E-state index in [2.05, 4.69) is 30.3 Å². The fourth-order valence-corrected chi connectivity index (χ4v) is 6.16. The van der Waals surface area contributed by atoms with Gasteiger partial charge in [-0.05, 0) is 66.5 Å². The lowest BCUT2D eigenvalue weighted by atomic mass is 9.94. The molecule has 29 heavy (non-hydrogen) atoms. The molecule has 0 radical (unpaired) electrons. The molecule has 1 saturated carbocycles. The van der Waals surface area contributed by atoms with Crippen molar-refractivity contribution in [2.45, 2.75) is 54.8 Å². The molecule has 2 aliphatic rings. The number of carbonyl (C=O) groups is 1. The maximum Gasteiger partial charge on any atom is 0.328 e. The molecule has 1 N–H and O–H groups in total. The van der Waals surface area contributed by atoms with Crippen molar-refractivity contribution >= 4 is 28.5 Å². The molecule has 1 atom stereocenters. The first kappa shape index (κ1) is 18.5. The Balaban J connectivity index is 1.69. The summed E-state index contributed by atoms with van der Waals surface area (Å²) in [5.41, 5.74) is 3.24. The molecular weight excluding hydrogens is 382 g/mol. The van der Waals surface area contributed by atoms with E-state index in [4.69, 9.17) is 0 Å². The fourth-order valence-electron chi connectivity index (χ4n) is 4.64. The number of aliphatic carboxylic acids is 1. The zero-order valence-corrected chi connectivity index (χ0v) is 17.3. The second-order valence-electron chi connectivity index (χ2n) is 8.63. The minimum absolute atomic E-state index is 0.204. The van der Waals surface area contributed by atoms with Crippen molar-refractivity contribution < 1.29 is 9.90 Å². The molecule has 5 heteroatoms. The molecule has 2 aromatic carbocycles. The van der Waals surface area contributed by atoms with E-state index in [1.54, 1.807) is 17.8 Å². The zero-order chi connectivity index (χ0) is 20.3. The number of pyridine rings is 1. The minimum atomic E-state index is -0.938. The van der Waals surface area contributed by atoms with Crippen molar-refractivity contribution in [3.63, 3.8) is 0 Å². The second-order valence-corrected chi connectivity index (χ2v) is 10.3. The van der Waals surface area contributed by atoms with Crippen LogP contribution in [0, 0.1) is 0 Å². The first-order valence-electron chi connectivity index (χ1n) is 10.0. The Hall–Kier alpha value is -2.53. The number of benzene rings is 2. The maximum absolute atomic E-state index is 13.1. The molecule has 0 unspecified atom stereocenters. The number of aromatic nitrogens is 1. The van der Waals surface area contributed by atoms with Gasteiger partial charge in [0.05, 0.1) is 5.03 Å². The molecular formula is C24H23NO3S. The van der Waals surface area contributed by atoms with Gasteiger partial charge in [-0.15, -0.1) is 0 Å². The number of fused-ring (bicyclic) bond motifs is 2. The molecule has 0 amide bonds. The van der Waals surface area contributed by atoms with E-state index in [1.165, 1.54) is 26.5 Å². The lowest BCUT2D eigenvalue weighted by molar-refractivity contribution is -0.141. The molecule has 1 fully saturated rings. The van der Waals surface area contributed by atoms with Gasteiger partial charge in [-0.2, -0.15) is 0 Å². The fraction of sp³-hybridized carbons (Fsp3) is 0.333. The van der Waals surface area contributed by atoms with Gasteiger partial charge in [-0.1, -0.05) is 54.2 Å². The van der Waals surface area contributed by atoms with E-state index in [1.807, 2.05) is 26.0 Å². The maximum atomic E-state index is 13.1. The van der Waals surface area contributed by atoms with Crippen molar-refractivity contribution in [1.82, 2.24) is 4.57 Å². The van der Waals surface area contributed by atoms with E-state index >= 15 is 0 Å². The number of thioether (sulfide) groups is 1. The first-order chi connectivity index (χ1) is 13.9. The second kappa shape index (κ2) is 6.49. The molecule has 1 aromatic heterocycles. The van der Waals surface area contributed by atoms with Crippen LogP contribution in [-0.2, 0) is 11.2 Å². The highest BCUT2D eigenvalue weighted by molar-refractivity contribution is 8.00. The van der Waals surface area contributed by atoms with Gasteiger partial charge in [-0.3, -0.25) is 9.36 Å². The average Bonchev–Trinajstić information content (AvgIpc) is 3.44. The Morgan fingerprint density at radius 1 is 1.14 bits per heavy atom. The smallest absolute Gasteiger partial charge is 0.328 e. The van der Waals surface area contributed by atoms with Crippen molar-refractivity contribution in [1.29, 1.82) is 0 Å². The molecule has 1 aliphatic carbocycles. The SMILES string of the molecule is CC1(C)Sc2c(C3CC3)c(Cc3cccc4ccccc34)cc(=O)n2[C@@H]1C(=O)O. The summed E-state index contributed by atoms with van der Waals surface area (Å²) in [6.07, 6.45) is 2.90. The highest BCUT2D eigenvalue weighted by Gasteiger charge is 2.48. The van der Waals surface area contributed by atoms with Gasteiger partial charge in [0.15, 0.2) is 0 Å². The van der Waals surface area contributed by atoms with E-state index in [-0.39, 0.29) is 5.56 Å². The van der Waals surface area contributed by atoms with Gasteiger partial charge < -0.3 is 5.11 Å². The van der Waals surface area contributed by atoms with Crippen LogP contribution in [0.2, 0.25) is 0 Å². The minimum Gasteiger partial charge on any atom is -0.480 e. The zero-order valence-electron chi connectivity index (χ0n) is 16.5. The normalized spacial score (nSPS) is 20.0. The number of hydrogen-bond acceptors (Lipinski definition) is 3. The third kappa shape index (κ3) is 2.99. The monoisotopic (exact) mass is 405 g/mol. The van der Waals surface area contributed by atoms with Crippen LogP contribution in [0.4, 0.5) is 0 Å². The van der Waals surface area contributed by atoms with Gasteiger partial charge in [0.25, 0.3) is 5.56 Å². The Morgan fingerprint density at radius 3 is 2.59 bits per heavy atom. The van der Waals surface area contributed by atoms with Crippen LogP contribution in [0.3, 0.4) is 0 Å². The quantitative estimate of drug-likeness (QED) is 0.665. The van der Waals surface area contributed by atoms with Gasteiger partial charge in [-0.25, -0.2) is 4.79 Å². The summed E-state index contributed by atoms with van der Waals surface area (Å²) in [5, 5.41) is 13.1. The van der Waals surface area contributed by atoms with Crippen LogP contribution in [0.15, 0.2) is 58.4 Å². The Morgan fingerprint density at radius 2 is 1.86 bits per heavy atom. The van der Waals surface area contributed by atoms with Crippen molar-refractivity contribution in [2.75, 3.05) is 0 Å². The van der Waals surface area contributed by atoms with Gasteiger partial charge in [0.1, 0.15) is 6.04 Å². The molecule has 3 aromatic rings. The molecule has 1 aliphatic heterocycles. The Bertz CT molecular complexity index is 1200. The predicted octanol–water partition coefficient (Wildman–Crippen LogP) is 4.98. The number of hydrogen-bond donors (Lipinski definition) is 1. The van der Waals surface area contributed by atoms with Crippen molar-refractivity contribution in [3.8, 4) is 0 Å². The summed E-state index contributed by atoms with van der Waals surface area (Å²) in [4.78, 5) is 25.0. The van der Waals surface area contributed by atoms with E-state index in [0.717, 1.165) is 23.4 Å². The summed E-state index contributed by atoms with van der Waals surface area (Å²) < 4.78 is 0.979. The lowest BCUT2D eigenvalue weighted by Gasteiger charge is -2.22. The topological polar surface area (TPSA) is 59.3 Å². The summed E-state index contributed by atoms with van der Waals surface area (Å²) in [6, 6.07) is 15.5. The summed E-state index contributed by atoms with van der Waals surface area (Å²) in [6.45, 7) is 3.84. The van der Waals surface area contributed by atoms with Gasteiger partial charge >= 0.3 is 5.97 Å². The average molecular weight is 406 g/mol. The van der Waals surface area contributed by atoms with Crippen molar-refractivity contribution in [3.05, 3.63) is 75.6 Å². The summed E-state index contributed by atoms with van der Waals surface area (Å²) >= 11 is 1.55. The summed E-state index contributed by atoms with van der Waals surface area (Å²) in [7, 11) is 0. The lowest BCUT2D eigenvalue weighted by Crippen LogP contribution is -2.36. The Labute approximate surface area is 173 Å². The molecule has 5 rings (SSSR count). The molecule has 4 nitrogen and oxygen atoms in total. The predicted molar refractivity (Wildman–Crippen MR) is 116 cm³/mol. The van der Waals surface area contributed by atoms with Crippen LogP contribution >= 0.6 is 11.8 Å². The van der Waals surface area contributed by atoms with E-state index in [0.29, 0.717) is 12.3 Å². The third-order valence-electron chi connectivity index (χ3n) is 6.09. The largest absolute Gasteiger partial charge is 0.480 e. The van der Waals surface area contributed by atoms with Crippen LogP contribution < -0.4 is 5.56 Å². The number of rotatable bonds is 4. The number of carboxylic acid groups (broad SMARTS) is 1. The Kier molecular flexibility index (Phi) is 4.14. The molecule has 0 saturated heterocycles. The van der Waals surface area contributed by atoms with Crippen LogP contribution in [0.1, 0.15) is 55.3 Å². The summed E-state index contributed by atoms with van der Waals surface area (Å²) in [5.74, 6) is -0.510. The standard InChI is InChI=1S/C24H23NO3S/c1-24(2)21(23(27)28)25-19(26)13-17(20(15-10-11-15)22(25)29-24)12-16-8-5-7-14-6-3-4-9-18(14)16/h3-9,13,15,21H,10-12H2,1-2H3,(H,27,28)/t21-/m1/s1. The molecule has 148 valence electrons. The van der Waals surface area contributed by atoms with Crippen LogP contribution in [0.5, 0.6) is 0 Å². The molecule has 2 heterocycles.